The molecule has 2 aromatic rings. The molecule has 0 N–H and O–H groups in total. The molecule has 0 aromatic heterocycles. The molecule has 2 aromatic carbocycles. The van der Waals surface area contributed by atoms with Crippen LogP contribution in [-0.2, 0) is 28.3 Å². The smallest absolute Gasteiger partial charge is 0.416 e. The van der Waals surface area contributed by atoms with Gasteiger partial charge in [-0.2, -0.15) is 26.3 Å². The summed E-state index contributed by atoms with van der Waals surface area (Å²) >= 11 is 0. The van der Waals surface area contributed by atoms with Crippen molar-refractivity contribution in [1.82, 2.24) is 0 Å². The fourth-order valence-corrected chi connectivity index (χ4v) is 2.18. The van der Waals surface area contributed by atoms with Crippen molar-refractivity contribution in [2.45, 2.75) is 18.8 Å². The Bertz CT molecular complexity index is 728. The third kappa shape index (κ3) is 4.74. The van der Waals surface area contributed by atoms with E-state index in [0.29, 0.717) is 17.7 Å². The lowest BCUT2D eigenvalue weighted by atomic mass is 9.98. The summed E-state index contributed by atoms with van der Waals surface area (Å²) in [5.41, 5.74) is -2.28. The molecular weight excluding hydrogens is 350 g/mol. The van der Waals surface area contributed by atoms with Crippen LogP contribution in [0, 0.1) is 0 Å². The lowest BCUT2D eigenvalue weighted by molar-refractivity contribution is -0.143. The minimum atomic E-state index is -4.90. The van der Waals surface area contributed by atoms with E-state index in [9.17, 15) is 31.1 Å². The number of halogens is 6. The molecule has 0 atom stereocenters. The van der Waals surface area contributed by atoms with Crippen LogP contribution >= 0.6 is 0 Å². The Hall–Kier alpha value is -2.51. The Balaban J connectivity index is 2.46. The predicted molar refractivity (Wildman–Crippen MR) is 77.6 cm³/mol. The molecule has 0 unspecified atom stereocenters. The summed E-state index contributed by atoms with van der Waals surface area (Å²) in [5, 5.41) is 0. The Morgan fingerprint density at radius 2 is 1.32 bits per heavy atom. The molecule has 0 aliphatic rings. The molecule has 0 radical (unpaired) electrons. The van der Waals surface area contributed by atoms with Gasteiger partial charge in [0, 0.05) is 0 Å². The van der Waals surface area contributed by atoms with E-state index < -0.39 is 29.4 Å². The summed E-state index contributed by atoms with van der Waals surface area (Å²) in [5.74, 6) is -0.508. The molecule has 0 saturated heterocycles. The lowest BCUT2D eigenvalue weighted by Crippen LogP contribution is -2.11. The number of ether oxygens (including phenoxy) is 1. The molecule has 0 aliphatic heterocycles. The van der Waals surface area contributed by atoms with E-state index in [4.69, 9.17) is 0 Å². The van der Waals surface area contributed by atoms with Crippen LogP contribution in [-0.4, -0.2) is 13.1 Å². The average Bonchev–Trinajstić information content (AvgIpc) is 2.53. The first-order valence-electron chi connectivity index (χ1n) is 6.96. The van der Waals surface area contributed by atoms with Gasteiger partial charge in [-0.15, -0.1) is 0 Å². The van der Waals surface area contributed by atoms with E-state index in [1.807, 2.05) is 0 Å². The van der Waals surface area contributed by atoms with Crippen molar-refractivity contribution in [2.24, 2.45) is 0 Å². The van der Waals surface area contributed by atoms with E-state index in [1.54, 1.807) is 0 Å². The first-order chi connectivity index (χ1) is 11.5. The SMILES string of the molecule is COC(=O)Cc1ccc(-c2cc(C(F)(F)F)cc(C(F)(F)F)c2)cc1. The van der Waals surface area contributed by atoms with Crippen LogP contribution in [0.15, 0.2) is 42.5 Å². The van der Waals surface area contributed by atoms with Gasteiger partial charge < -0.3 is 4.74 Å². The fraction of sp³-hybridized carbons (Fsp3) is 0.235. The molecule has 2 rings (SSSR count). The molecule has 134 valence electrons. The molecule has 0 bridgehead atoms. The molecule has 2 nitrogen and oxygen atoms in total. The fourth-order valence-electron chi connectivity index (χ4n) is 2.18. The second-order valence-electron chi connectivity index (χ2n) is 5.24. The summed E-state index contributed by atoms with van der Waals surface area (Å²) in [6.07, 6.45) is -9.85. The van der Waals surface area contributed by atoms with Gasteiger partial charge in [-0.05, 0) is 34.9 Å². The zero-order chi connectivity index (χ0) is 18.8. The van der Waals surface area contributed by atoms with E-state index in [2.05, 4.69) is 4.74 Å². The van der Waals surface area contributed by atoms with Gasteiger partial charge in [0.15, 0.2) is 0 Å². The number of alkyl halides is 6. The predicted octanol–water partition coefficient (Wildman–Crippen LogP) is 5.11. The maximum Gasteiger partial charge on any atom is 0.416 e. The highest BCUT2D eigenvalue weighted by molar-refractivity contribution is 5.73. The van der Waals surface area contributed by atoms with Crippen LogP contribution in [0.1, 0.15) is 16.7 Å². The highest BCUT2D eigenvalue weighted by atomic mass is 19.4. The molecule has 0 heterocycles. The quantitative estimate of drug-likeness (QED) is 0.561. The normalized spacial score (nSPS) is 12.1. The summed E-state index contributed by atoms with van der Waals surface area (Å²) < 4.78 is 81.8. The molecular formula is C17H12F6O2. The van der Waals surface area contributed by atoms with E-state index in [1.165, 1.54) is 31.4 Å². The molecule has 8 heteroatoms. The zero-order valence-corrected chi connectivity index (χ0v) is 12.8. The van der Waals surface area contributed by atoms with Crippen molar-refractivity contribution in [1.29, 1.82) is 0 Å². The minimum absolute atomic E-state index is 0.0484. The molecule has 25 heavy (non-hydrogen) atoms. The summed E-state index contributed by atoms with van der Waals surface area (Å²) in [4.78, 5) is 11.2. The number of carbonyl (C=O) groups excluding carboxylic acids is 1. The molecule has 0 aliphatic carbocycles. The van der Waals surface area contributed by atoms with Gasteiger partial charge in [0.25, 0.3) is 0 Å². The highest BCUT2D eigenvalue weighted by Gasteiger charge is 2.36. The van der Waals surface area contributed by atoms with Crippen molar-refractivity contribution < 1.29 is 35.9 Å². The Kier molecular flexibility index (Phi) is 5.10. The van der Waals surface area contributed by atoms with Gasteiger partial charge in [0.05, 0.1) is 24.7 Å². The van der Waals surface area contributed by atoms with Gasteiger partial charge in [-0.1, -0.05) is 24.3 Å². The Morgan fingerprint density at radius 1 is 0.840 bits per heavy atom. The van der Waals surface area contributed by atoms with Crippen molar-refractivity contribution >= 4 is 5.97 Å². The lowest BCUT2D eigenvalue weighted by Gasteiger charge is -2.14. The minimum Gasteiger partial charge on any atom is -0.469 e. The number of hydrogen-bond donors (Lipinski definition) is 0. The Labute approximate surface area is 139 Å². The summed E-state index contributed by atoms with van der Waals surface area (Å²) in [7, 11) is 1.21. The van der Waals surface area contributed by atoms with Gasteiger partial charge in [-0.25, -0.2) is 0 Å². The van der Waals surface area contributed by atoms with E-state index in [0.717, 1.165) is 0 Å². The second kappa shape index (κ2) is 6.78. The number of esters is 1. The maximum absolute atomic E-state index is 12.9. The first-order valence-corrected chi connectivity index (χ1v) is 6.96. The van der Waals surface area contributed by atoms with Crippen molar-refractivity contribution in [3.63, 3.8) is 0 Å². The largest absolute Gasteiger partial charge is 0.469 e. The Morgan fingerprint density at radius 3 is 1.72 bits per heavy atom. The topological polar surface area (TPSA) is 26.3 Å². The third-order valence-corrected chi connectivity index (χ3v) is 3.45. The molecule has 0 spiro atoms. The average molecular weight is 362 g/mol. The standard InChI is InChI=1S/C17H12F6O2/c1-25-15(24)6-10-2-4-11(5-3-10)12-7-13(16(18,19)20)9-14(8-12)17(21,22)23/h2-5,7-9H,6H2,1H3. The summed E-state index contributed by atoms with van der Waals surface area (Å²) in [6, 6.07) is 6.99. The molecule has 0 fully saturated rings. The first kappa shape index (κ1) is 18.8. The van der Waals surface area contributed by atoms with Crippen LogP contribution < -0.4 is 0 Å². The second-order valence-corrected chi connectivity index (χ2v) is 5.24. The summed E-state index contributed by atoms with van der Waals surface area (Å²) in [6.45, 7) is 0. The number of benzene rings is 2. The number of hydrogen-bond acceptors (Lipinski definition) is 2. The van der Waals surface area contributed by atoms with E-state index >= 15 is 0 Å². The van der Waals surface area contributed by atoms with Crippen LogP contribution in [0.5, 0.6) is 0 Å². The number of carbonyl (C=O) groups is 1. The monoisotopic (exact) mass is 362 g/mol. The van der Waals surface area contributed by atoms with Crippen LogP contribution in [0.25, 0.3) is 11.1 Å². The van der Waals surface area contributed by atoms with Crippen LogP contribution in [0.3, 0.4) is 0 Å². The highest BCUT2D eigenvalue weighted by Crippen LogP contribution is 2.38. The van der Waals surface area contributed by atoms with Crippen LogP contribution in [0.4, 0.5) is 26.3 Å². The third-order valence-electron chi connectivity index (χ3n) is 3.45. The van der Waals surface area contributed by atoms with Gasteiger partial charge in [-0.3, -0.25) is 4.79 Å². The van der Waals surface area contributed by atoms with E-state index in [-0.39, 0.29) is 23.6 Å². The van der Waals surface area contributed by atoms with Gasteiger partial charge in [0.2, 0.25) is 0 Å². The van der Waals surface area contributed by atoms with Gasteiger partial charge >= 0.3 is 18.3 Å². The van der Waals surface area contributed by atoms with Crippen molar-refractivity contribution in [2.75, 3.05) is 7.11 Å². The maximum atomic E-state index is 12.9. The van der Waals surface area contributed by atoms with Crippen molar-refractivity contribution in [3.8, 4) is 11.1 Å². The van der Waals surface area contributed by atoms with Crippen molar-refractivity contribution in [3.05, 3.63) is 59.2 Å². The molecule has 0 amide bonds. The van der Waals surface area contributed by atoms with Gasteiger partial charge in [0.1, 0.15) is 0 Å². The number of methoxy groups -OCH3 is 1. The number of rotatable bonds is 3. The van der Waals surface area contributed by atoms with Crippen LogP contribution in [0.2, 0.25) is 0 Å². The molecule has 0 saturated carbocycles. The zero-order valence-electron chi connectivity index (χ0n) is 12.8.